The summed E-state index contributed by atoms with van der Waals surface area (Å²) in [6, 6.07) is 4.99. The Labute approximate surface area is 78.8 Å². The van der Waals surface area contributed by atoms with Crippen LogP contribution in [0.5, 0.6) is 0 Å². The van der Waals surface area contributed by atoms with Gasteiger partial charge < -0.3 is 5.32 Å². The van der Waals surface area contributed by atoms with Crippen LogP contribution in [0.3, 0.4) is 0 Å². The van der Waals surface area contributed by atoms with E-state index in [2.05, 4.69) is 38.2 Å². The molecule has 0 aromatic carbocycles. The molecule has 2 unspecified atom stereocenters. The first-order chi connectivity index (χ1) is 5.65. The van der Waals surface area contributed by atoms with Gasteiger partial charge in [-0.15, -0.1) is 11.3 Å². The molecule has 0 saturated heterocycles. The van der Waals surface area contributed by atoms with E-state index in [1.54, 1.807) is 0 Å². The third kappa shape index (κ3) is 2.08. The molecule has 0 amide bonds. The first-order valence-electron chi connectivity index (χ1n) is 4.38. The van der Waals surface area contributed by atoms with E-state index >= 15 is 0 Å². The summed E-state index contributed by atoms with van der Waals surface area (Å²) >= 11 is 1.90. The number of thiophene rings is 1. The van der Waals surface area contributed by atoms with Crippen molar-refractivity contribution < 1.29 is 0 Å². The van der Waals surface area contributed by atoms with Gasteiger partial charge in [-0.3, -0.25) is 0 Å². The highest BCUT2D eigenvalue weighted by atomic mass is 32.1. The van der Waals surface area contributed by atoms with Gasteiger partial charge in [0.25, 0.3) is 0 Å². The summed E-state index contributed by atoms with van der Waals surface area (Å²) in [5, 5.41) is 3.28. The van der Waals surface area contributed by atoms with Crippen LogP contribution >= 0.6 is 11.3 Å². The fourth-order valence-corrected chi connectivity index (χ4v) is 2.23. The highest BCUT2D eigenvalue weighted by molar-refractivity contribution is 7.12. The average molecular weight is 183 g/mol. The van der Waals surface area contributed by atoms with E-state index in [1.165, 1.54) is 9.75 Å². The molecule has 0 aliphatic rings. The van der Waals surface area contributed by atoms with Crippen LogP contribution in [-0.2, 0) is 0 Å². The van der Waals surface area contributed by atoms with Crippen molar-refractivity contribution in [3.63, 3.8) is 0 Å². The Balaban J connectivity index is 2.70. The van der Waals surface area contributed by atoms with Crippen LogP contribution in [0.2, 0.25) is 0 Å². The number of rotatable bonds is 3. The summed E-state index contributed by atoms with van der Waals surface area (Å²) in [5.74, 6) is 0.619. The summed E-state index contributed by atoms with van der Waals surface area (Å²) in [7, 11) is 2.02. The molecule has 0 radical (unpaired) electrons. The van der Waals surface area contributed by atoms with E-state index in [-0.39, 0.29) is 0 Å². The third-order valence-corrected chi connectivity index (χ3v) is 3.62. The van der Waals surface area contributed by atoms with Gasteiger partial charge in [-0.05, 0) is 33.0 Å². The topological polar surface area (TPSA) is 12.0 Å². The van der Waals surface area contributed by atoms with Gasteiger partial charge >= 0.3 is 0 Å². The molecule has 2 atom stereocenters. The van der Waals surface area contributed by atoms with E-state index in [4.69, 9.17) is 0 Å². The zero-order valence-electron chi connectivity index (χ0n) is 8.22. The van der Waals surface area contributed by atoms with E-state index in [1.807, 2.05) is 18.4 Å². The average Bonchev–Trinajstić information content (AvgIpc) is 2.49. The van der Waals surface area contributed by atoms with E-state index < -0.39 is 0 Å². The zero-order chi connectivity index (χ0) is 9.14. The fraction of sp³-hybridized carbons (Fsp3) is 0.600. The van der Waals surface area contributed by atoms with Gasteiger partial charge in [0.05, 0.1) is 0 Å². The van der Waals surface area contributed by atoms with Crippen molar-refractivity contribution in [3.8, 4) is 0 Å². The summed E-state index contributed by atoms with van der Waals surface area (Å²) in [6.07, 6.45) is 0. The largest absolute Gasteiger partial charge is 0.317 e. The Morgan fingerprint density at radius 3 is 2.42 bits per heavy atom. The van der Waals surface area contributed by atoms with Crippen molar-refractivity contribution in [1.29, 1.82) is 0 Å². The fourth-order valence-electron chi connectivity index (χ4n) is 1.19. The molecule has 1 nitrogen and oxygen atoms in total. The molecule has 12 heavy (non-hydrogen) atoms. The third-order valence-electron chi connectivity index (χ3n) is 2.42. The summed E-state index contributed by atoms with van der Waals surface area (Å²) in [4.78, 5) is 2.88. The minimum Gasteiger partial charge on any atom is -0.317 e. The minimum absolute atomic E-state index is 0.558. The molecule has 2 heteroatoms. The SMILES string of the molecule is CNC(C)C(C)c1ccc(C)s1. The van der Waals surface area contributed by atoms with Crippen molar-refractivity contribution in [1.82, 2.24) is 5.32 Å². The molecule has 1 rings (SSSR count). The van der Waals surface area contributed by atoms with Gasteiger partial charge in [0.2, 0.25) is 0 Å². The second kappa shape index (κ2) is 4.06. The van der Waals surface area contributed by atoms with Crippen LogP contribution in [0.15, 0.2) is 12.1 Å². The molecule has 0 bridgehead atoms. The van der Waals surface area contributed by atoms with Crippen molar-refractivity contribution >= 4 is 11.3 Å². The highest BCUT2D eigenvalue weighted by Crippen LogP contribution is 2.26. The van der Waals surface area contributed by atoms with Crippen LogP contribution in [0.4, 0.5) is 0 Å². The minimum atomic E-state index is 0.558. The van der Waals surface area contributed by atoms with Crippen LogP contribution in [-0.4, -0.2) is 13.1 Å². The quantitative estimate of drug-likeness (QED) is 0.760. The lowest BCUT2D eigenvalue weighted by Crippen LogP contribution is -2.26. The summed E-state index contributed by atoms with van der Waals surface area (Å²) in [6.45, 7) is 6.65. The predicted octanol–water partition coefficient (Wildman–Crippen LogP) is 2.77. The van der Waals surface area contributed by atoms with E-state index in [9.17, 15) is 0 Å². The highest BCUT2D eigenvalue weighted by Gasteiger charge is 2.13. The Morgan fingerprint density at radius 1 is 1.33 bits per heavy atom. The second-order valence-corrected chi connectivity index (χ2v) is 4.63. The first-order valence-corrected chi connectivity index (χ1v) is 5.20. The number of hydrogen-bond acceptors (Lipinski definition) is 2. The standard InChI is InChI=1S/C10H17NS/c1-7-5-6-10(12-7)8(2)9(3)11-4/h5-6,8-9,11H,1-4H3. The van der Waals surface area contributed by atoms with Gasteiger partial charge in [-0.25, -0.2) is 0 Å². The van der Waals surface area contributed by atoms with Gasteiger partial charge in [-0.1, -0.05) is 6.92 Å². The van der Waals surface area contributed by atoms with Crippen molar-refractivity contribution in [3.05, 3.63) is 21.9 Å². The predicted molar refractivity (Wildman–Crippen MR) is 56.0 cm³/mol. The molecular formula is C10H17NS. The normalized spacial score (nSPS) is 16.0. The maximum atomic E-state index is 3.28. The van der Waals surface area contributed by atoms with E-state index in [0.717, 1.165) is 0 Å². The number of likely N-dealkylation sites (N-methyl/N-ethyl adjacent to an activating group) is 1. The summed E-state index contributed by atoms with van der Waals surface area (Å²) in [5.41, 5.74) is 0. The lowest BCUT2D eigenvalue weighted by atomic mass is 10.0. The molecule has 0 fully saturated rings. The van der Waals surface area contributed by atoms with Crippen LogP contribution < -0.4 is 5.32 Å². The van der Waals surface area contributed by atoms with E-state index in [0.29, 0.717) is 12.0 Å². The number of aryl methyl sites for hydroxylation is 1. The molecule has 1 heterocycles. The van der Waals surface area contributed by atoms with Gasteiger partial charge in [-0.2, -0.15) is 0 Å². The Hall–Kier alpha value is -0.340. The smallest absolute Gasteiger partial charge is 0.0110 e. The van der Waals surface area contributed by atoms with Crippen molar-refractivity contribution in [2.45, 2.75) is 32.7 Å². The first kappa shape index (κ1) is 9.75. The molecule has 1 aromatic heterocycles. The molecule has 0 aliphatic heterocycles. The summed E-state index contributed by atoms with van der Waals surface area (Å²) < 4.78 is 0. The molecule has 1 aromatic rings. The molecular weight excluding hydrogens is 166 g/mol. The molecule has 0 saturated carbocycles. The van der Waals surface area contributed by atoms with Gasteiger partial charge in [0.1, 0.15) is 0 Å². The molecule has 0 spiro atoms. The van der Waals surface area contributed by atoms with Crippen molar-refractivity contribution in [2.24, 2.45) is 0 Å². The lowest BCUT2D eigenvalue weighted by Gasteiger charge is -2.17. The Morgan fingerprint density at radius 2 is 2.00 bits per heavy atom. The zero-order valence-corrected chi connectivity index (χ0v) is 9.03. The molecule has 1 N–H and O–H groups in total. The Kier molecular flexibility index (Phi) is 3.29. The molecule has 68 valence electrons. The van der Waals surface area contributed by atoms with Crippen LogP contribution in [0.1, 0.15) is 29.5 Å². The second-order valence-electron chi connectivity index (χ2n) is 3.31. The van der Waals surface area contributed by atoms with Crippen LogP contribution in [0, 0.1) is 6.92 Å². The maximum Gasteiger partial charge on any atom is 0.0110 e. The van der Waals surface area contributed by atoms with Crippen LogP contribution in [0.25, 0.3) is 0 Å². The number of nitrogens with one attached hydrogen (secondary N) is 1. The Bertz CT molecular complexity index is 242. The van der Waals surface area contributed by atoms with Gasteiger partial charge in [0.15, 0.2) is 0 Å². The number of hydrogen-bond donors (Lipinski definition) is 1. The molecule has 0 aliphatic carbocycles. The van der Waals surface area contributed by atoms with Crippen molar-refractivity contribution in [2.75, 3.05) is 7.05 Å². The monoisotopic (exact) mass is 183 g/mol. The maximum absolute atomic E-state index is 3.28. The van der Waals surface area contributed by atoms with Gasteiger partial charge in [0, 0.05) is 21.7 Å². The lowest BCUT2D eigenvalue weighted by molar-refractivity contribution is 0.530.